The van der Waals surface area contributed by atoms with Gasteiger partial charge in [0.15, 0.2) is 0 Å². The lowest BCUT2D eigenvalue weighted by molar-refractivity contribution is -0.120. The molecule has 0 aromatic heterocycles. The van der Waals surface area contributed by atoms with Gasteiger partial charge in [0, 0.05) is 17.9 Å². The van der Waals surface area contributed by atoms with Crippen LogP contribution in [0.5, 0.6) is 5.75 Å². The van der Waals surface area contributed by atoms with Gasteiger partial charge in [0.05, 0.1) is 12.2 Å². The lowest BCUT2D eigenvalue weighted by Crippen LogP contribution is -2.18. The third-order valence-corrected chi connectivity index (χ3v) is 2.96. The number of hydrogen-bond donors (Lipinski definition) is 2. The van der Waals surface area contributed by atoms with Crippen molar-refractivity contribution in [2.24, 2.45) is 0 Å². The first-order valence-corrected chi connectivity index (χ1v) is 6.20. The lowest BCUT2D eigenvalue weighted by atomic mass is 10.2. The quantitative estimate of drug-likeness (QED) is 0.788. The van der Waals surface area contributed by atoms with Crippen LogP contribution < -0.4 is 10.1 Å². The van der Waals surface area contributed by atoms with Crippen LogP contribution in [-0.2, 0) is 4.79 Å². The molecule has 0 aliphatic rings. The van der Waals surface area contributed by atoms with Crippen molar-refractivity contribution < 1.29 is 19.4 Å². The number of carbonyl (C=O) groups is 2. The second-order valence-electron chi connectivity index (χ2n) is 3.57. The minimum absolute atomic E-state index is 0.0411. The topological polar surface area (TPSA) is 75.6 Å². The highest BCUT2D eigenvalue weighted by atomic mass is 79.9. The summed E-state index contributed by atoms with van der Waals surface area (Å²) in [7, 11) is 1.58. The van der Waals surface area contributed by atoms with Gasteiger partial charge in [0.2, 0.25) is 5.91 Å². The SMILES string of the molecule is CNC(=O)CCCOc1ccc(Br)c(C(=O)O)c1. The predicted molar refractivity (Wildman–Crippen MR) is 69.9 cm³/mol. The molecular weight excluding hydrogens is 302 g/mol. The second-order valence-corrected chi connectivity index (χ2v) is 4.43. The lowest BCUT2D eigenvalue weighted by Gasteiger charge is -2.07. The molecule has 6 heteroatoms. The van der Waals surface area contributed by atoms with Crippen molar-refractivity contribution in [1.82, 2.24) is 5.32 Å². The molecule has 5 nitrogen and oxygen atoms in total. The van der Waals surface area contributed by atoms with Gasteiger partial charge < -0.3 is 15.2 Å². The van der Waals surface area contributed by atoms with Gasteiger partial charge in [-0.25, -0.2) is 4.79 Å². The Morgan fingerprint density at radius 3 is 2.78 bits per heavy atom. The Labute approximate surface area is 113 Å². The van der Waals surface area contributed by atoms with E-state index in [1.165, 1.54) is 6.07 Å². The molecule has 0 saturated heterocycles. The molecule has 1 rings (SSSR count). The molecule has 2 N–H and O–H groups in total. The Bertz CT molecular complexity index is 448. The van der Waals surface area contributed by atoms with Gasteiger partial charge in [0.25, 0.3) is 0 Å². The van der Waals surface area contributed by atoms with E-state index in [0.29, 0.717) is 29.7 Å². The number of hydrogen-bond acceptors (Lipinski definition) is 3. The number of amides is 1. The van der Waals surface area contributed by atoms with E-state index in [-0.39, 0.29) is 11.5 Å². The highest BCUT2D eigenvalue weighted by Gasteiger charge is 2.09. The molecule has 0 fully saturated rings. The van der Waals surface area contributed by atoms with Crippen LogP contribution in [0, 0.1) is 0 Å². The molecule has 0 atom stereocenters. The normalized spacial score (nSPS) is 9.89. The Hall–Kier alpha value is -1.56. The summed E-state index contributed by atoms with van der Waals surface area (Å²) in [4.78, 5) is 21.9. The number of benzene rings is 1. The Morgan fingerprint density at radius 1 is 1.44 bits per heavy atom. The van der Waals surface area contributed by atoms with Crippen molar-refractivity contribution in [3.8, 4) is 5.75 Å². The molecule has 0 unspecified atom stereocenters. The third-order valence-electron chi connectivity index (χ3n) is 2.26. The Morgan fingerprint density at radius 2 is 2.17 bits per heavy atom. The standard InChI is InChI=1S/C12H14BrNO4/c1-14-11(15)3-2-6-18-8-4-5-10(13)9(7-8)12(16)17/h4-5,7H,2-3,6H2,1H3,(H,14,15)(H,16,17). The highest BCUT2D eigenvalue weighted by molar-refractivity contribution is 9.10. The van der Waals surface area contributed by atoms with Crippen LogP contribution in [0.25, 0.3) is 0 Å². The zero-order chi connectivity index (χ0) is 13.5. The van der Waals surface area contributed by atoms with Gasteiger partial charge in [0.1, 0.15) is 5.75 Å². The number of halogens is 1. The number of carbonyl (C=O) groups excluding carboxylic acids is 1. The number of carboxylic acids is 1. The molecule has 0 heterocycles. The Balaban J connectivity index is 2.50. The van der Waals surface area contributed by atoms with Gasteiger partial charge in [-0.3, -0.25) is 4.79 Å². The van der Waals surface area contributed by atoms with Gasteiger partial charge in [-0.15, -0.1) is 0 Å². The van der Waals surface area contributed by atoms with Crippen molar-refractivity contribution in [1.29, 1.82) is 0 Å². The third kappa shape index (κ3) is 4.37. The van der Waals surface area contributed by atoms with Crippen molar-refractivity contribution in [3.63, 3.8) is 0 Å². The van der Waals surface area contributed by atoms with Crippen molar-refractivity contribution in [2.75, 3.05) is 13.7 Å². The van der Waals surface area contributed by atoms with Gasteiger partial charge in [-0.2, -0.15) is 0 Å². The van der Waals surface area contributed by atoms with E-state index in [0.717, 1.165) is 0 Å². The fourth-order valence-corrected chi connectivity index (χ4v) is 1.72. The molecule has 0 radical (unpaired) electrons. The maximum absolute atomic E-state index is 11.0. The van der Waals surface area contributed by atoms with Crippen LogP contribution in [-0.4, -0.2) is 30.6 Å². The molecule has 1 aromatic carbocycles. The largest absolute Gasteiger partial charge is 0.494 e. The van der Waals surface area contributed by atoms with E-state index in [1.54, 1.807) is 19.2 Å². The Kier molecular flexibility index (Phi) is 5.64. The van der Waals surface area contributed by atoms with Crippen molar-refractivity contribution in [3.05, 3.63) is 28.2 Å². The summed E-state index contributed by atoms with van der Waals surface area (Å²) in [5.41, 5.74) is 0.152. The zero-order valence-corrected chi connectivity index (χ0v) is 11.5. The summed E-state index contributed by atoms with van der Waals surface area (Å²) in [6, 6.07) is 4.75. The van der Waals surface area contributed by atoms with Crippen LogP contribution in [0.3, 0.4) is 0 Å². The second kappa shape index (κ2) is 7.00. The number of nitrogens with one attached hydrogen (secondary N) is 1. The van der Waals surface area contributed by atoms with Crippen LogP contribution in [0.2, 0.25) is 0 Å². The molecule has 18 heavy (non-hydrogen) atoms. The monoisotopic (exact) mass is 315 g/mol. The van der Waals surface area contributed by atoms with E-state index >= 15 is 0 Å². The smallest absolute Gasteiger partial charge is 0.336 e. The minimum atomic E-state index is -1.02. The predicted octanol–water partition coefficient (Wildman–Crippen LogP) is 2.05. The average Bonchev–Trinajstić information content (AvgIpc) is 2.35. The van der Waals surface area contributed by atoms with Gasteiger partial charge in [-0.1, -0.05) is 0 Å². The van der Waals surface area contributed by atoms with Crippen molar-refractivity contribution >= 4 is 27.8 Å². The highest BCUT2D eigenvalue weighted by Crippen LogP contribution is 2.22. The molecule has 1 amide bonds. The summed E-state index contributed by atoms with van der Waals surface area (Å²) >= 11 is 3.15. The van der Waals surface area contributed by atoms with Crippen molar-refractivity contribution in [2.45, 2.75) is 12.8 Å². The molecule has 0 spiro atoms. The van der Waals surface area contributed by atoms with E-state index in [1.807, 2.05) is 0 Å². The minimum Gasteiger partial charge on any atom is -0.494 e. The number of carboxylic acid groups (broad SMARTS) is 1. The van der Waals surface area contributed by atoms with E-state index < -0.39 is 5.97 Å². The molecule has 0 bridgehead atoms. The van der Waals surface area contributed by atoms with E-state index in [2.05, 4.69) is 21.2 Å². The summed E-state index contributed by atoms with van der Waals surface area (Å²) in [5, 5.41) is 11.4. The number of ether oxygens (including phenoxy) is 1. The van der Waals surface area contributed by atoms with Gasteiger partial charge in [-0.05, 0) is 40.5 Å². The summed E-state index contributed by atoms with van der Waals surface area (Å²) in [5.74, 6) is -0.578. The summed E-state index contributed by atoms with van der Waals surface area (Å²) in [6.07, 6.45) is 0.969. The van der Waals surface area contributed by atoms with Crippen LogP contribution in [0.15, 0.2) is 22.7 Å². The van der Waals surface area contributed by atoms with Gasteiger partial charge >= 0.3 is 5.97 Å². The first-order chi connectivity index (χ1) is 8.54. The molecule has 98 valence electrons. The fraction of sp³-hybridized carbons (Fsp3) is 0.333. The molecule has 0 aliphatic carbocycles. The van der Waals surface area contributed by atoms with Crippen LogP contribution in [0.1, 0.15) is 23.2 Å². The fourth-order valence-electron chi connectivity index (χ4n) is 1.31. The maximum Gasteiger partial charge on any atom is 0.336 e. The molecule has 0 aliphatic heterocycles. The molecule has 0 saturated carbocycles. The van der Waals surface area contributed by atoms with Crippen LogP contribution >= 0.6 is 15.9 Å². The molecular formula is C12H14BrNO4. The maximum atomic E-state index is 11.0. The zero-order valence-electron chi connectivity index (χ0n) is 9.90. The summed E-state index contributed by atoms with van der Waals surface area (Å²) in [6.45, 7) is 0.369. The first kappa shape index (κ1) is 14.5. The van der Waals surface area contributed by atoms with Crippen LogP contribution in [0.4, 0.5) is 0 Å². The molecule has 1 aromatic rings. The average molecular weight is 316 g/mol. The number of rotatable bonds is 6. The summed E-state index contributed by atoms with van der Waals surface area (Å²) < 4.78 is 5.89. The van der Waals surface area contributed by atoms with E-state index in [4.69, 9.17) is 9.84 Å². The van der Waals surface area contributed by atoms with E-state index in [9.17, 15) is 9.59 Å². The number of aromatic carboxylic acids is 1. The first-order valence-electron chi connectivity index (χ1n) is 5.41.